The van der Waals surface area contributed by atoms with Crippen LogP contribution in [0.4, 0.5) is 4.79 Å². The van der Waals surface area contributed by atoms with E-state index in [2.05, 4.69) is 12.6 Å². The highest BCUT2D eigenvalue weighted by Gasteiger charge is 2.47. The molecule has 154 valence electrons. The van der Waals surface area contributed by atoms with Gasteiger partial charge in [-0.25, -0.2) is 4.79 Å². The molecule has 2 unspecified atom stereocenters. The number of thiol groups is 1. The van der Waals surface area contributed by atoms with E-state index in [0.717, 1.165) is 0 Å². The van der Waals surface area contributed by atoms with E-state index in [1.165, 1.54) is 18.7 Å². The SMILES string of the molecule is CC(C)(C)OC(O)C(S)C1(O)CCN(C(=O)OC(C)(C)C(Cl)(Cl)Cl)CC1. The van der Waals surface area contributed by atoms with Crippen LogP contribution in [0.1, 0.15) is 47.5 Å². The number of rotatable bonds is 4. The molecule has 0 spiro atoms. The quantitative estimate of drug-likeness (QED) is 0.345. The number of hydrogen-bond donors (Lipinski definition) is 3. The molecule has 10 heteroatoms. The Morgan fingerprint density at radius 3 is 2.00 bits per heavy atom. The van der Waals surface area contributed by atoms with Gasteiger partial charge in [-0.3, -0.25) is 0 Å². The predicted molar refractivity (Wildman–Crippen MR) is 106 cm³/mol. The molecule has 0 bridgehead atoms. The molecule has 1 heterocycles. The Bertz CT molecular complexity index is 499. The summed E-state index contributed by atoms with van der Waals surface area (Å²) in [6.45, 7) is 8.82. The van der Waals surface area contributed by atoms with Gasteiger partial charge in [-0.05, 0) is 47.5 Å². The highest BCUT2D eigenvalue weighted by atomic mass is 35.6. The molecule has 0 aliphatic carbocycles. The molecule has 1 rings (SSSR count). The predicted octanol–water partition coefficient (Wildman–Crippen LogP) is 3.53. The summed E-state index contributed by atoms with van der Waals surface area (Å²) < 4.78 is 8.99. The number of piperidine rings is 1. The van der Waals surface area contributed by atoms with Crippen LogP contribution in [0.25, 0.3) is 0 Å². The van der Waals surface area contributed by atoms with E-state index in [1.807, 2.05) is 0 Å². The van der Waals surface area contributed by atoms with Crippen molar-refractivity contribution < 1.29 is 24.5 Å². The summed E-state index contributed by atoms with van der Waals surface area (Å²) in [6, 6.07) is 0. The molecule has 1 amide bonds. The van der Waals surface area contributed by atoms with Crippen molar-refractivity contribution in [1.29, 1.82) is 0 Å². The normalized spacial score (nSPS) is 21.3. The van der Waals surface area contributed by atoms with Crippen LogP contribution in [-0.4, -0.2) is 66.4 Å². The van der Waals surface area contributed by atoms with Crippen molar-refractivity contribution in [3.63, 3.8) is 0 Å². The summed E-state index contributed by atoms with van der Waals surface area (Å²) in [5, 5.41) is 20.2. The topological polar surface area (TPSA) is 79.2 Å². The number of hydrogen-bond acceptors (Lipinski definition) is 6. The van der Waals surface area contributed by atoms with Crippen LogP contribution >= 0.6 is 47.4 Å². The molecule has 1 fully saturated rings. The van der Waals surface area contributed by atoms with Gasteiger partial charge in [-0.15, -0.1) is 0 Å². The molecule has 1 aliphatic rings. The summed E-state index contributed by atoms with van der Waals surface area (Å²) >= 11 is 21.8. The number of carbonyl (C=O) groups excluding carboxylic acids is 1. The van der Waals surface area contributed by atoms with E-state index in [0.29, 0.717) is 0 Å². The van der Waals surface area contributed by atoms with Crippen LogP contribution in [0.3, 0.4) is 0 Å². The molecule has 0 aromatic rings. The van der Waals surface area contributed by atoms with Gasteiger partial charge in [0.1, 0.15) is 0 Å². The first-order valence-electron chi connectivity index (χ1n) is 8.29. The van der Waals surface area contributed by atoms with Crippen LogP contribution < -0.4 is 0 Å². The lowest BCUT2D eigenvalue weighted by Crippen LogP contribution is -2.56. The maximum Gasteiger partial charge on any atom is 0.410 e. The highest BCUT2D eigenvalue weighted by molar-refractivity contribution is 7.81. The molecule has 0 aromatic carbocycles. The Labute approximate surface area is 175 Å². The molecule has 2 N–H and O–H groups in total. The highest BCUT2D eigenvalue weighted by Crippen LogP contribution is 2.41. The molecule has 1 saturated heterocycles. The first kappa shape index (κ1) is 24.4. The number of likely N-dealkylation sites (tertiary alicyclic amines) is 1. The molecular weight excluding hydrogens is 425 g/mol. The number of ether oxygens (including phenoxy) is 2. The number of amides is 1. The van der Waals surface area contributed by atoms with Gasteiger partial charge in [0.15, 0.2) is 11.9 Å². The molecule has 6 nitrogen and oxygen atoms in total. The maximum absolute atomic E-state index is 12.3. The van der Waals surface area contributed by atoms with Gasteiger partial charge < -0.3 is 24.6 Å². The molecule has 0 aromatic heterocycles. The molecule has 26 heavy (non-hydrogen) atoms. The fraction of sp³-hybridized carbons (Fsp3) is 0.938. The Balaban J connectivity index is 2.67. The summed E-state index contributed by atoms with van der Waals surface area (Å²) in [5.74, 6) is 0. The maximum atomic E-state index is 12.3. The zero-order valence-corrected chi connectivity index (χ0v) is 18.8. The summed E-state index contributed by atoms with van der Waals surface area (Å²) in [6.07, 6.45) is -1.47. The molecular formula is C16H28Cl3NO5S. The van der Waals surface area contributed by atoms with E-state index >= 15 is 0 Å². The largest absolute Gasteiger partial charge is 0.439 e. The monoisotopic (exact) mass is 451 g/mol. The Morgan fingerprint density at radius 1 is 1.15 bits per heavy atom. The first-order valence-corrected chi connectivity index (χ1v) is 9.94. The Hall–Kier alpha value is 0.370. The van der Waals surface area contributed by atoms with Crippen molar-refractivity contribution in [1.82, 2.24) is 4.90 Å². The second kappa shape index (κ2) is 8.39. The van der Waals surface area contributed by atoms with Gasteiger partial charge in [0.25, 0.3) is 0 Å². The summed E-state index contributed by atoms with van der Waals surface area (Å²) in [7, 11) is 0. The minimum absolute atomic E-state index is 0.203. The van der Waals surface area contributed by atoms with Crippen LogP contribution in [-0.2, 0) is 9.47 Å². The minimum Gasteiger partial charge on any atom is -0.439 e. The van der Waals surface area contributed by atoms with Gasteiger partial charge >= 0.3 is 6.09 Å². The summed E-state index contributed by atoms with van der Waals surface area (Å²) in [5.41, 5.74) is -3.18. The van der Waals surface area contributed by atoms with Gasteiger partial charge in [-0.1, -0.05) is 34.8 Å². The number of carbonyl (C=O) groups is 1. The zero-order valence-electron chi connectivity index (χ0n) is 15.6. The lowest BCUT2D eigenvalue weighted by molar-refractivity contribution is -0.190. The third kappa shape index (κ3) is 6.47. The molecule has 1 aliphatic heterocycles. The number of alkyl halides is 3. The Kier molecular flexibility index (Phi) is 7.88. The van der Waals surface area contributed by atoms with E-state index in [9.17, 15) is 15.0 Å². The zero-order chi connectivity index (χ0) is 20.6. The van der Waals surface area contributed by atoms with Crippen LogP contribution in [0.15, 0.2) is 0 Å². The first-order chi connectivity index (χ1) is 11.5. The van der Waals surface area contributed by atoms with E-state index in [1.54, 1.807) is 20.8 Å². The summed E-state index contributed by atoms with van der Waals surface area (Å²) in [4.78, 5) is 13.7. The molecule has 2 atom stereocenters. The van der Waals surface area contributed by atoms with Gasteiger partial charge in [0, 0.05) is 13.1 Å². The van der Waals surface area contributed by atoms with Crippen LogP contribution in [0.2, 0.25) is 0 Å². The van der Waals surface area contributed by atoms with E-state index in [-0.39, 0.29) is 25.9 Å². The van der Waals surface area contributed by atoms with Crippen molar-refractivity contribution in [3.8, 4) is 0 Å². The molecule has 0 radical (unpaired) electrons. The second-order valence-electron chi connectivity index (χ2n) is 8.03. The van der Waals surface area contributed by atoms with Crippen LogP contribution in [0.5, 0.6) is 0 Å². The van der Waals surface area contributed by atoms with Crippen molar-refractivity contribution in [2.75, 3.05) is 13.1 Å². The van der Waals surface area contributed by atoms with Gasteiger partial charge in [-0.2, -0.15) is 12.6 Å². The third-order valence-electron chi connectivity index (χ3n) is 4.21. The lowest BCUT2D eigenvalue weighted by Gasteiger charge is -2.43. The number of nitrogens with zero attached hydrogens (tertiary/aromatic N) is 1. The number of aliphatic hydroxyl groups is 2. The minimum atomic E-state index is -1.77. The van der Waals surface area contributed by atoms with Crippen molar-refractivity contribution in [2.45, 2.75) is 79.6 Å². The average Bonchev–Trinajstić information content (AvgIpc) is 2.43. The number of halogens is 3. The lowest BCUT2D eigenvalue weighted by atomic mass is 9.87. The smallest absolute Gasteiger partial charge is 0.410 e. The molecule has 0 saturated carbocycles. The van der Waals surface area contributed by atoms with Crippen molar-refractivity contribution >= 4 is 53.5 Å². The van der Waals surface area contributed by atoms with Crippen molar-refractivity contribution in [2.24, 2.45) is 0 Å². The van der Waals surface area contributed by atoms with Crippen molar-refractivity contribution in [3.05, 3.63) is 0 Å². The number of aliphatic hydroxyl groups excluding tert-OH is 1. The van der Waals surface area contributed by atoms with Gasteiger partial charge in [0.05, 0.1) is 16.5 Å². The fourth-order valence-electron chi connectivity index (χ4n) is 2.41. The van der Waals surface area contributed by atoms with Crippen LogP contribution in [0, 0.1) is 0 Å². The second-order valence-corrected chi connectivity index (χ2v) is 10.9. The average molecular weight is 453 g/mol. The Morgan fingerprint density at radius 2 is 1.62 bits per heavy atom. The van der Waals surface area contributed by atoms with E-state index < -0.39 is 38.2 Å². The van der Waals surface area contributed by atoms with Gasteiger partial charge in [0.2, 0.25) is 3.79 Å². The standard InChI is InChI=1S/C16H28Cl3NO5S/c1-13(2,3)24-11(21)10(26)15(23)6-8-20(9-7-15)12(22)25-14(4,5)16(17,18)19/h10-11,21,23,26H,6-9H2,1-5H3. The third-order valence-corrected chi connectivity index (χ3v) is 6.31. The fourth-order valence-corrected chi connectivity index (χ4v) is 2.84. The van der Waals surface area contributed by atoms with E-state index in [4.69, 9.17) is 44.3 Å².